The number of ether oxygens (including phenoxy) is 2. The highest BCUT2D eigenvalue weighted by molar-refractivity contribution is 6.31. The Balaban J connectivity index is 1.91. The first-order valence-electron chi connectivity index (χ1n) is 8.39. The van der Waals surface area contributed by atoms with E-state index in [4.69, 9.17) is 32.7 Å². The smallest absolute Gasteiger partial charge is 0.348 e. The topological polar surface area (TPSA) is 77.3 Å². The van der Waals surface area contributed by atoms with Gasteiger partial charge in [-0.25, -0.2) is 19.6 Å². The van der Waals surface area contributed by atoms with Gasteiger partial charge in [-0.1, -0.05) is 35.3 Å². The zero-order chi connectivity index (χ0) is 20.1. The summed E-state index contributed by atoms with van der Waals surface area (Å²) in [5, 5.41) is 1.02. The minimum absolute atomic E-state index is 0.0880. The monoisotopic (exact) mass is 416 g/mol. The van der Waals surface area contributed by atoms with Crippen molar-refractivity contribution in [2.24, 2.45) is 9.98 Å². The van der Waals surface area contributed by atoms with E-state index in [1.165, 1.54) is 6.92 Å². The quantitative estimate of drug-likeness (QED) is 0.710. The van der Waals surface area contributed by atoms with Crippen LogP contribution in [0.2, 0.25) is 10.0 Å². The molecule has 2 aromatic carbocycles. The zero-order valence-electron chi connectivity index (χ0n) is 14.9. The molecule has 0 aliphatic carbocycles. The molecule has 6 nitrogen and oxygen atoms in total. The summed E-state index contributed by atoms with van der Waals surface area (Å²) in [6.45, 7) is 3.05. The standard InChI is InChI=1S/C20H14Cl2N2O4/c1-11-23-20(18(26)27-11,13-5-9-15(22)10-6-13)19(2)17(25)28-16(24-19)12-3-7-14(21)8-4-12/h3-10H,1-2H3. The van der Waals surface area contributed by atoms with Crippen LogP contribution in [0.25, 0.3) is 0 Å². The highest BCUT2D eigenvalue weighted by atomic mass is 35.5. The third-order valence-corrected chi connectivity index (χ3v) is 5.33. The molecule has 0 fully saturated rings. The largest absolute Gasteiger partial charge is 0.410 e. The summed E-state index contributed by atoms with van der Waals surface area (Å²) in [7, 11) is 0. The van der Waals surface area contributed by atoms with Gasteiger partial charge >= 0.3 is 11.9 Å². The molecule has 2 aliphatic rings. The minimum Gasteiger partial charge on any atom is -0.410 e. The van der Waals surface area contributed by atoms with Crippen LogP contribution in [0.15, 0.2) is 58.5 Å². The van der Waals surface area contributed by atoms with Crippen LogP contribution in [0.5, 0.6) is 0 Å². The Kier molecular flexibility index (Phi) is 4.28. The lowest BCUT2D eigenvalue weighted by atomic mass is 9.74. The van der Waals surface area contributed by atoms with Gasteiger partial charge < -0.3 is 9.47 Å². The molecule has 4 rings (SSSR count). The Hall–Kier alpha value is -2.70. The summed E-state index contributed by atoms with van der Waals surface area (Å²) >= 11 is 11.9. The number of halogens is 2. The maximum atomic E-state index is 13.0. The molecule has 0 saturated heterocycles. The highest BCUT2D eigenvalue weighted by Gasteiger charge is 2.67. The first-order valence-corrected chi connectivity index (χ1v) is 9.15. The molecule has 0 aromatic heterocycles. The molecular formula is C20H14Cl2N2O4. The molecule has 28 heavy (non-hydrogen) atoms. The van der Waals surface area contributed by atoms with Gasteiger partial charge in [0.2, 0.25) is 11.4 Å². The Labute approximate surface area is 170 Å². The molecule has 2 heterocycles. The predicted octanol–water partition coefficient (Wildman–Crippen LogP) is 3.93. The second-order valence-corrected chi connectivity index (χ2v) is 7.50. The highest BCUT2D eigenvalue weighted by Crippen LogP contribution is 2.47. The molecule has 2 aromatic rings. The van der Waals surface area contributed by atoms with E-state index < -0.39 is 23.0 Å². The van der Waals surface area contributed by atoms with E-state index in [0.717, 1.165) is 0 Å². The Bertz CT molecular complexity index is 1050. The number of carbonyl (C=O) groups is 2. The summed E-state index contributed by atoms with van der Waals surface area (Å²) in [4.78, 5) is 34.8. The van der Waals surface area contributed by atoms with Crippen LogP contribution in [-0.2, 0) is 24.6 Å². The summed E-state index contributed by atoms with van der Waals surface area (Å²) in [6.07, 6.45) is 0. The number of esters is 2. The van der Waals surface area contributed by atoms with Crippen LogP contribution >= 0.6 is 23.2 Å². The third-order valence-electron chi connectivity index (χ3n) is 4.83. The summed E-state index contributed by atoms with van der Waals surface area (Å²) in [6, 6.07) is 13.1. The fraction of sp³-hybridized carbons (Fsp3) is 0.200. The van der Waals surface area contributed by atoms with Crippen LogP contribution in [0.3, 0.4) is 0 Å². The van der Waals surface area contributed by atoms with Crippen molar-refractivity contribution in [2.75, 3.05) is 0 Å². The summed E-state index contributed by atoms with van der Waals surface area (Å²) in [5.74, 6) is -1.18. The van der Waals surface area contributed by atoms with E-state index in [1.807, 2.05) is 0 Å². The third kappa shape index (κ3) is 2.64. The average Bonchev–Trinajstić information content (AvgIpc) is 3.13. The van der Waals surface area contributed by atoms with Crippen LogP contribution < -0.4 is 0 Å². The predicted molar refractivity (Wildman–Crippen MR) is 105 cm³/mol. The Morgan fingerprint density at radius 3 is 1.93 bits per heavy atom. The Morgan fingerprint density at radius 1 is 0.821 bits per heavy atom. The first-order chi connectivity index (χ1) is 13.3. The van der Waals surface area contributed by atoms with Crippen molar-refractivity contribution in [3.8, 4) is 0 Å². The van der Waals surface area contributed by atoms with Gasteiger partial charge in [0.25, 0.3) is 0 Å². The molecular weight excluding hydrogens is 403 g/mol. The van der Waals surface area contributed by atoms with Gasteiger partial charge in [-0.15, -0.1) is 0 Å². The van der Waals surface area contributed by atoms with E-state index in [9.17, 15) is 9.59 Å². The van der Waals surface area contributed by atoms with E-state index in [0.29, 0.717) is 21.2 Å². The van der Waals surface area contributed by atoms with Gasteiger partial charge in [0.05, 0.1) is 0 Å². The van der Waals surface area contributed by atoms with Crippen molar-refractivity contribution in [3.63, 3.8) is 0 Å². The fourth-order valence-corrected chi connectivity index (χ4v) is 3.63. The van der Waals surface area contributed by atoms with Crippen LogP contribution in [0.1, 0.15) is 25.0 Å². The van der Waals surface area contributed by atoms with Gasteiger partial charge in [-0.2, -0.15) is 0 Å². The normalized spacial score (nSPS) is 26.6. The molecule has 8 heteroatoms. The molecule has 0 N–H and O–H groups in total. The number of rotatable bonds is 3. The number of benzene rings is 2. The summed E-state index contributed by atoms with van der Waals surface area (Å²) in [5.41, 5.74) is -2.39. The van der Waals surface area contributed by atoms with Crippen molar-refractivity contribution in [2.45, 2.75) is 24.9 Å². The maximum Gasteiger partial charge on any atom is 0.348 e. The molecule has 142 valence electrons. The van der Waals surface area contributed by atoms with Gasteiger partial charge in [0.1, 0.15) is 0 Å². The zero-order valence-corrected chi connectivity index (χ0v) is 16.4. The fourth-order valence-electron chi connectivity index (χ4n) is 3.38. The molecule has 2 unspecified atom stereocenters. The van der Waals surface area contributed by atoms with E-state index in [-0.39, 0.29) is 11.8 Å². The lowest BCUT2D eigenvalue weighted by molar-refractivity contribution is -0.150. The first kappa shape index (κ1) is 18.7. The number of aliphatic imine (C=N–C) groups is 2. The van der Waals surface area contributed by atoms with E-state index in [1.54, 1.807) is 55.5 Å². The van der Waals surface area contributed by atoms with Gasteiger partial charge in [0.15, 0.2) is 11.4 Å². The second-order valence-electron chi connectivity index (χ2n) is 6.62. The van der Waals surface area contributed by atoms with Crippen molar-refractivity contribution < 1.29 is 19.1 Å². The SMILES string of the molecule is CC1=NC(c2ccc(Cl)cc2)(C2(C)N=C(c3ccc(Cl)cc3)OC2=O)C(=O)O1. The van der Waals surface area contributed by atoms with Gasteiger partial charge in [-0.05, 0) is 48.9 Å². The molecule has 0 saturated carbocycles. The van der Waals surface area contributed by atoms with Gasteiger partial charge in [0, 0.05) is 22.5 Å². The Morgan fingerprint density at radius 2 is 1.39 bits per heavy atom. The number of nitrogens with zero attached hydrogens (tertiary/aromatic N) is 2. The van der Waals surface area contributed by atoms with E-state index in [2.05, 4.69) is 9.98 Å². The molecule has 0 radical (unpaired) electrons. The molecule has 0 bridgehead atoms. The lowest BCUT2D eigenvalue weighted by Crippen LogP contribution is -2.54. The molecule has 0 spiro atoms. The molecule has 0 amide bonds. The van der Waals surface area contributed by atoms with E-state index >= 15 is 0 Å². The van der Waals surface area contributed by atoms with Crippen molar-refractivity contribution in [1.82, 2.24) is 0 Å². The number of hydrogen-bond acceptors (Lipinski definition) is 6. The number of cyclic esters (lactones) is 2. The van der Waals surface area contributed by atoms with Crippen molar-refractivity contribution >= 4 is 46.9 Å². The van der Waals surface area contributed by atoms with Crippen molar-refractivity contribution in [1.29, 1.82) is 0 Å². The van der Waals surface area contributed by atoms with Crippen LogP contribution in [0.4, 0.5) is 0 Å². The second kappa shape index (κ2) is 6.43. The average molecular weight is 417 g/mol. The van der Waals surface area contributed by atoms with Crippen LogP contribution in [-0.4, -0.2) is 29.3 Å². The molecule has 2 atom stereocenters. The molecule has 2 aliphatic heterocycles. The lowest BCUT2D eigenvalue weighted by Gasteiger charge is -2.32. The number of carbonyl (C=O) groups excluding carboxylic acids is 2. The minimum atomic E-state index is -1.72. The van der Waals surface area contributed by atoms with Crippen LogP contribution in [0, 0.1) is 0 Å². The summed E-state index contributed by atoms with van der Waals surface area (Å²) < 4.78 is 10.7. The number of hydrogen-bond donors (Lipinski definition) is 0. The van der Waals surface area contributed by atoms with Gasteiger partial charge in [-0.3, -0.25) is 0 Å². The van der Waals surface area contributed by atoms with Crippen molar-refractivity contribution in [3.05, 3.63) is 69.7 Å². The maximum absolute atomic E-state index is 13.0.